The van der Waals surface area contributed by atoms with Crippen molar-refractivity contribution < 1.29 is 0 Å². The van der Waals surface area contributed by atoms with Crippen molar-refractivity contribution in [3.8, 4) is 22.3 Å². The Morgan fingerprint density at radius 3 is 1.86 bits per heavy atom. The molecule has 0 radical (unpaired) electrons. The van der Waals surface area contributed by atoms with Gasteiger partial charge in [-0.25, -0.2) is 0 Å². The van der Waals surface area contributed by atoms with E-state index in [0.29, 0.717) is 0 Å². The molecule has 0 N–H and O–H groups in total. The topological polar surface area (TPSA) is 0 Å². The molecule has 0 atom stereocenters. The molecule has 2 aliphatic rings. The maximum atomic E-state index is 6.29. The number of benzene rings is 6. The molecule has 2 heteroatoms. The second kappa shape index (κ2) is 7.86. The van der Waals surface area contributed by atoms with Gasteiger partial charge in [0.05, 0.1) is 5.41 Å². The molecule has 1 aliphatic carbocycles. The maximum Gasteiger partial charge on any atom is 0.0741 e. The summed E-state index contributed by atoms with van der Waals surface area (Å²) in [6, 6.07) is 46.7. The number of hydrogen-bond acceptors (Lipinski definition) is 1. The second-order valence-electron chi connectivity index (χ2n) is 9.82. The average Bonchev–Trinajstić information content (AvgIpc) is 3.24. The van der Waals surface area contributed by atoms with E-state index in [9.17, 15) is 0 Å². The van der Waals surface area contributed by atoms with Gasteiger partial charge in [-0.1, -0.05) is 120 Å². The third kappa shape index (κ3) is 2.87. The summed E-state index contributed by atoms with van der Waals surface area (Å²) >= 11 is 8.18. The lowest BCUT2D eigenvalue weighted by atomic mass is 9.65. The largest absolute Gasteiger partial charge is 0.0894 e. The molecule has 0 saturated carbocycles. The molecular weight excluding hydrogens is 488 g/mol. The Morgan fingerprint density at radius 1 is 0.486 bits per heavy atom. The quantitative estimate of drug-likeness (QED) is 0.212. The van der Waals surface area contributed by atoms with E-state index in [2.05, 4.69) is 115 Å². The van der Waals surface area contributed by atoms with Gasteiger partial charge in [-0.2, -0.15) is 0 Å². The van der Waals surface area contributed by atoms with Gasteiger partial charge in [0, 0.05) is 14.8 Å². The summed E-state index contributed by atoms with van der Waals surface area (Å²) in [5.74, 6) is 0. The van der Waals surface area contributed by atoms with Crippen LogP contribution in [0.15, 0.2) is 137 Å². The van der Waals surface area contributed by atoms with Crippen molar-refractivity contribution in [2.75, 3.05) is 0 Å². The third-order valence-electron chi connectivity index (χ3n) is 7.98. The molecule has 1 spiro atoms. The molecule has 0 unspecified atom stereocenters. The summed E-state index contributed by atoms with van der Waals surface area (Å²) in [4.78, 5) is 2.65. The Bertz CT molecular complexity index is 1840. The first kappa shape index (κ1) is 21.3. The average molecular weight is 509 g/mol. The van der Waals surface area contributed by atoms with Gasteiger partial charge in [0.15, 0.2) is 0 Å². The van der Waals surface area contributed by atoms with E-state index in [1.54, 1.807) is 0 Å². The highest BCUT2D eigenvalue weighted by molar-refractivity contribution is 7.99. The van der Waals surface area contributed by atoms with Gasteiger partial charge in [0.25, 0.3) is 0 Å². The van der Waals surface area contributed by atoms with Crippen molar-refractivity contribution in [1.82, 2.24) is 0 Å². The number of hydrogen-bond donors (Lipinski definition) is 0. The molecule has 6 aromatic rings. The van der Waals surface area contributed by atoms with E-state index in [1.807, 2.05) is 23.9 Å². The SMILES string of the molecule is Clc1ccc2cc(-c3cccc4c3C3(c5ccccc5Sc5ccccc53)c3ccccc3-4)ccc2c1. The van der Waals surface area contributed by atoms with E-state index in [1.165, 1.54) is 59.7 Å². The number of fused-ring (bicyclic) bond motifs is 10. The summed E-state index contributed by atoms with van der Waals surface area (Å²) in [5, 5.41) is 3.12. The molecule has 174 valence electrons. The number of halogens is 1. The maximum absolute atomic E-state index is 6.29. The zero-order valence-electron chi connectivity index (χ0n) is 19.9. The molecule has 1 aliphatic heterocycles. The normalized spacial score (nSPS) is 14.2. The molecule has 0 aromatic heterocycles. The van der Waals surface area contributed by atoms with Crippen molar-refractivity contribution in [1.29, 1.82) is 0 Å². The predicted octanol–water partition coefficient (Wildman–Crippen LogP) is 9.99. The first-order valence-corrected chi connectivity index (χ1v) is 13.7. The zero-order valence-corrected chi connectivity index (χ0v) is 21.5. The number of rotatable bonds is 1. The van der Waals surface area contributed by atoms with Gasteiger partial charge < -0.3 is 0 Å². The summed E-state index contributed by atoms with van der Waals surface area (Å²) in [7, 11) is 0. The molecular formula is C35H21ClS. The lowest BCUT2D eigenvalue weighted by Crippen LogP contribution is -2.32. The fourth-order valence-corrected chi connectivity index (χ4v) is 7.91. The van der Waals surface area contributed by atoms with Crippen LogP contribution < -0.4 is 0 Å². The van der Waals surface area contributed by atoms with Gasteiger partial charge in [-0.15, -0.1) is 0 Å². The summed E-state index contributed by atoms with van der Waals surface area (Å²) < 4.78 is 0. The van der Waals surface area contributed by atoms with Crippen molar-refractivity contribution in [3.63, 3.8) is 0 Å². The molecule has 0 bridgehead atoms. The van der Waals surface area contributed by atoms with Crippen molar-refractivity contribution >= 4 is 34.1 Å². The Morgan fingerprint density at radius 2 is 1.08 bits per heavy atom. The monoisotopic (exact) mass is 508 g/mol. The summed E-state index contributed by atoms with van der Waals surface area (Å²) in [5.41, 5.74) is 10.2. The van der Waals surface area contributed by atoms with Crippen LogP contribution >= 0.6 is 23.4 Å². The van der Waals surface area contributed by atoms with Gasteiger partial charge in [0.2, 0.25) is 0 Å². The molecule has 37 heavy (non-hydrogen) atoms. The highest BCUT2D eigenvalue weighted by Gasteiger charge is 2.51. The van der Waals surface area contributed by atoms with Crippen LogP contribution in [0, 0.1) is 0 Å². The first-order valence-electron chi connectivity index (χ1n) is 12.5. The van der Waals surface area contributed by atoms with Crippen molar-refractivity contribution in [2.24, 2.45) is 0 Å². The van der Waals surface area contributed by atoms with Gasteiger partial charge in [-0.05, 0) is 85.6 Å². The molecule has 0 amide bonds. The minimum atomic E-state index is -0.379. The molecule has 0 fully saturated rings. The van der Waals surface area contributed by atoms with E-state index < -0.39 is 0 Å². The standard InChI is InChI=1S/C35H21ClS/c36-25-19-18-22-20-24(17-16-23(22)21-25)26-9-7-10-28-27-8-1-2-11-29(27)35(34(26)28)30-12-3-5-14-32(30)37-33-15-6-4-13-31(33)35/h1-21H. The minimum absolute atomic E-state index is 0.379. The Hall–Kier alpha value is -3.78. The van der Waals surface area contributed by atoms with E-state index in [-0.39, 0.29) is 5.41 Å². The highest BCUT2D eigenvalue weighted by Crippen LogP contribution is 2.63. The fourth-order valence-electron chi connectivity index (χ4n) is 6.54. The summed E-state index contributed by atoms with van der Waals surface area (Å²) in [6.07, 6.45) is 0. The molecule has 6 aromatic carbocycles. The third-order valence-corrected chi connectivity index (χ3v) is 9.36. The van der Waals surface area contributed by atoms with Gasteiger partial charge in [0.1, 0.15) is 0 Å². The molecule has 1 heterocycles. The van der Waals surface area contributed by atoms with Crippen LogP contribution in [0.25, 0.3) is 33.0 Å². The fraction of sp³-hybridized carbons (Fsp3) is 0.0286. The second-order valence-corrected chi connectivity index (χ2v) is 11.3. The van der Waals surface area contributed by atoms with Crippen LogP contribution in [-0.2, 0) is 5.41 Å². The lowest BCUT2D eigenvalue weighted by molar-refractivity contribution is 0.724. The Labute approximate surface area is 225 Å². The lowest BCUT2D eigenvalue weighted by Gasteiger charge is -2.40. The van der Waals surface area contributed by atoms with E-state index in [4.69, 9.17) is 11.6 Å². The zero-order chi connectivity index (χ0) is 24.6. The van der Waals surface area contributed by atoms with Crippen molar-refractivity contribution in [2.45, 2.75) is 15.2 Å². The van der Waals surface area contributed by atoms with E-state index >= 15 is 0 Å². The molecule has 0 nitrogen and oxygen atoms in total. The minimum Gasteiger partial charge on any atom is -0.0894 e. The van der Waals surface area contributed by atoms with Crippen LogP contribution in [0.4, 0.5) is 0 Å². The molecule has 8 rings (SSSR count). The van der Waals surface area contributed by atoms with Crippen molar-refractivity contribution in [3.05, 3.63) is 155 Å². The Kier molecular flexibility index (Phi) is 4.53. The van der Waals surface area contributed by atoms with Crippen LogP contribution in [0.1, 0.15) is 22.3 Å². The van der Waals surface area contributed by atoms with Crippen LogP contribution in [-0.4, -0.2) is 0 Å². The predicted molar refractivity (Wildman–Crippen MR) is 156 cm³/mol. The van der Waals surface area contributed by atoms with Crippen LogP contribution in [0.3, 0.4) is 0 Å². The molecule has 0 saturated heterocycles. The van der Waals surface area contributed by atoms with Gasteiger partial charge in [-0.3, -0.25) is 0 Å². The van der Waals surface area contributed by atoms with Crippen LogP contribution in [0.2, 0.25) is 5.02 Å². The van der Waals surface area contributed by atoms with E-state index in [0.717, 1.165) is 10.4 Å². The van der Waals surface area contributed by atoms with Gasteiger partial charge >= 0.3 is 0 Å². The summed E-state index contributed by atoms with van der Waals surface area (Å²) in [6.45, 7) is 0. The van der Waals surface area contributed by atoms with Crippen LogP contribution in [0.5, 0.6) is 0 Å². The first-order chi connectivity index (χ1) is 18.2. The Balaban J connectivity index is 1.53. The smallest absolute Gasteiger partial charge is 0.0741 e. The highest BCUT2D eigenvalue weighted by atomic mass is 35.5.